The van der Waals surface area contributed by atoms with Crippen LogP contribution in [0.15, 0.2) is 43.0 Å². The molecular formula is C22H34N2O2. The molecule has 0 spiro atoms. The highest BCUT2D eigenvalue weighted by Gasteiger charge is 2.23. The highest BCUT2D eigenvalue weighted by Crippen LogP contribution is 2.25. The number of ether oxygens (including phenoxy) is 1. The average molecular weight is 359 g/mol. The third-order valence-corrected chi connectivity index (χ3v) is 4.79. The van der Waals surface area contributed by atoms with Gasteiger partial charge in [0.15, 0.2) is 0 Å². The summed E-state index contributed by atoms with van der Waals surface area (Å²) in [6.07, 6.45) is 15.7. The van der Waals surface area contributed by atoms with Gasteiger partial charge >= 0.3 is 0 Å². The minimum Gasteiger partial charge on any atom is -0.494 e. The fourth-order valence-corrected chi connectivity index (χ4v) is 3.16. The summed E-state index contributed by atoms with van der Waals surface area (Å²) >= 11 is 0. The van der Waals surface area contributed by atoms with Crippen LogP contribution in [0.4, 0.5) is 0 Å². The molecule has 1 aromatic heterocycles. The van der Waals surface area contributed by atoms with E-state index in [0.29, 0.717) is 6.54 Å². The quantitative estimate of drug-likeness (QED) is 0.494. The van der Waals surface area contributed by atoms with Crippen molar-refractivity contribution in [1.82, 2.24) is 9.55 Å². The van der Waals surface area contributed by atoms with Crippen molar-refractivity contribution in [3.8, 4) is 5.75 Å². The smallest absolute Gasteiger partial charge is 0.119 e. The predicted octanol–water partition coefficient (Wildman–Crippen LogP) is 5.31. The molecule has 1 aromatic carbocycles. The standard InChI is InChI=1S/C22H34N2O2/c1-3-4-5-6-7-8-9-10-17-26-21-13-11-20(12-14-21)22(2,25)18-24-16-15-23-19-24/h11-16,19,25H,3-10,17-18H2,1-2H3. The molecule has 1 unspecified atom stereocenters. The van der Waals surface area contributed by atoms with Crippen LogP contribution < -0.4 is 4.74 Å². The molecule has 2 aromatic rings. The highest BCUT2D eigenvalue weighted by atomic mass is 16.5. The van der Waals surface area contributed by atoms with Crippen molar-refractivity contribution in [2.75, 3.05) is 6.61 Å². The van der Waals surface area contributed by atoms with Crippen LogP contribution in [0.2, 0.25) is 0 Å². The Hall–Kier alpha value is -1.81. The maximum Gasteiger partial charge on any atom is 0.119 e. The Morgan fingerprint density at radius 2 is 1.65 bits per heavy atom. The van der Waals surface area contributed by atoms with E-state index in [4.69, 9.17) is 4.74 Å². The second-order valence-corrected chi connectivity index (χ2v) is 7.36. The maximum atomic E-state index is 10.7. The van der Waals surface area contributed by atoms with Gasteiger partial charge in [-0.15, -0.1) is 0 Å². The number of aliphatic hydroxyl groups is 1. The van der Waals surface area contributed by atoms with Crippen molar-refractivity contribution in [3.63, 3.8) is 0 Å². The molecule has 0 saturated heterocycles. The molecule has 0 aliphatic heterocycles. The molecular weight excluding hydrogens is 324 g/mol. The zero-order chi connectivity index (χ0) is 18.7. The molecule has 4 heteroatoms. The number of nitrogens with zero attached hydrogens (tertiary/aromatic N) is 2. The van der Waals surface area contributed by atoms with Crippen molar-refractivity contribution in [1.29, 1.82) is 0 Å². The molecule has 4 nitrogen and oxygen atoms in total. The van der Waals surface area contributed by atoms with E-state index in [1.165, 1.54) is 44.9 Å². The van der Waals surface area contributed by atoms with Gasteiger partial charge in [-0.2, -0.15) is 0 Å². The van der Waals surface area contributed by atoms with Crippen LogP contribution in [-0.2, 0) is 12.1 Å². The summed E-state index contributed by atoms with van der Waals surface area (Å²) in [5.74, 6) is 0.870. The van der Waals surface area contributed by atoms with Gasteiger partial charge in [-0.25, -0.2) is 4.98 Å². The van der Waals surface area contributed by atoms with Crippen molar-refractivity contribution in [3.05, 3.63) is 48.5 Å². The first-order valence-electron chi connectivity index (χ1n) is 10.0. The maximum absolute atomic E-state index is 10.7. The number of aromatic nitrogens is 2. The largest absolute Gasteiger partial charge is 0.494 e. The number of rotatable bonds is 13. The average Bonchev–Trinajstić information content (AvgIpc) is 3.13. The second-order valence-electron chi connectivity index (χ2n) is 7.36. The third-order valence-electron chi connectivity index (χ3n) is 4.79. The van der Waals surface area contributed by atoms with Gasteiger partial charge in [0, 0.05) is 12.4 Å². The van der Waals surface area contributed by atoms with Gasteiger partial charge in [0.2, 0.25) is 0 Å². The first-order valence-corrected chi connectivity index (χ1v) is 10.0. The van der Waals surface area contributed by atoms with Gasteiger partial charge in [0.25, 0.3) is 0 Å². The molecule has 0 fully saturated rings. The molecule has 1 N–H and O–H groups in total. The molecule has 0 aliphatic carbocycles. The van der Waals surface area contributed by atoms with Gasteiger partial charge in [0.05, 0.1) is 19.5 Å². The van der Waals surface area contributed by atoms with E-state index in [1.54, 1.807) is 12.5 Å². The minimum absolute atomic E-state index is 0.478. The minimum atomic E-state index is -0.934. The molecule has 144 valence electrons. The zero-order valence-electron chi connectivity index (χ0n) is 16.4. The van der Waals surface area contributed by atoms with Gasteiger partial charge in [-0.05, 0) is 31.0 Å². The van der Waals surface area contributed by atoms with Gasteiger partial charge in [-0.3, -0.25) is 0 Å². The fraction of sp³-hybridized carbons (Fsp3) is 0.591. The van der Waals surface area contributed by atoms with E-state index in [1.807, 2.05) is 42.0 Å². The Kier molecular flexibility index (Phi) is 8.69. The monoisotopic (exact) mass is 358 g/mol. The van der Waals surface area contributed by atoms with Crippen molar-refractivity contribution >= 4 is 0 Å². The van der Waals surface area contributed by atoms with Gasteiger partial charge < -0.3 is 14.4 Å². The lowest BCUT2D eigenvalue weighted by Crippen LogP contribution is -2.27. The van der Waals surface area contributed by atoms with E-state index in [0.717, 1.165) is 24.3 Å². The summed E-state index contributed by atoms with van der Waals surface area (Å²) in [5, 5.41) is 10.7. The number of hydrogen-bond acceptors (Lipinski definition) is 3. The molecule has 0 bridgehead atoms. The molecule has 0 radical (unpaired) electrons. The Morgan fingerprint density at radius 3 is 2.27 bits per heavy atom. The lowest BCUT2D eigenvalue weighted by Gasteiger charge is -2.24. The Labute approximate surface area is 158 Å². The van der Waals surface area contributed by atoms with Gasteiger partial charge in [-0.1, -0.05) is 64.0 Å². The van der Waals surface area contributed by atoms with E-state index >= 15 is 0 Å². The van der Waals surface area contributed by atoms with E-state index in [2.05, 4.69) is 11.9 Å². The third kappa shape index (κ3) is 7.20. The normalized spacial score (nSPS) is 13.5. The summed E-state index contributed by atoms with van der Waals surface area (Å²) in [5.41, 5.74) is -0.0533. The molecule has 1 atom stereocenters. The number of benzene rings is 1. The summed E-state index contributed by atoms with van der Waals surface area (Å²) in [6, 6.07) is 7.78. The van der Waals surface area contributed by atoms with Crippen LogP contribution in [0.3, 0.4) is 0 Å². The highest BCUT2D eigenvalue weighted by molar-refractivity contribution is 5.30. The number of imidazole rings is 1. The van der Waals surface area contributed by atoms with Crippen LogP contribution >= 0.6 is 0 Å². The molecule has 1 heterocycles. The van der Waals surface area contributed by atoms with E-state index in [9.17, 15) is 5.11 Å². The SMILES string of the molecule is CCCCCCCCCCOc1ccc(C(C)(O)Cn2ccnc2)cc1. The number of unbranched alkanes of at least 4 members (excludes halogenated alkanes) is 7. The first-order chi connectivity index (χ1) is 12.6. The van der Waals surface area contributed by atoms with Crippen LogP contribution in [0.1, 0.15) is 70.8 Å². The topological polar surface area (TPSA) is 47.3 Å². The van der Waals surface area contributed by atoms with Crippen molar-refractivity contribution in [2.24, 2.45) is 0 Å². The summed E-state index contributed by atoms with van der Waals surface area (Å²) in [7, 11) is 0. The number of hydrogen-bond donors (Lipinski definition) is 1. The van der Waals surface area contributed by atoms with Crippen LogP contribution in [0, 0.1) is 0 Å². The Morgan fingerprint density at radius 1 is 1.00 bits per heavy atom. The van der Waals surface area contributed by atoms with Crippen LogP contribution in [0.5, 0.6) is 5.75 Å². The van der Waals surface area contributed by atoms with Crippen molar-refractivity contribution in [2.45, 2.75) is 77.4 Å². The van der Waals surface area contributed by atoms with E-state index < -0.39 is 5.60 Å². The molecule has 26 heavy (non-hydrogen) atoms. The summed E-state index contributed by atoms with van der Waals surface area (Å²) in [4.78, 5) is 4.02. The summed E-state index contributed by atoms with van der Waals surface area (Å²) in [6.45, 7) is 5.32. The Bertz CT molecular complexity index is 591. The summed E-state index contributed by atoms with van der Waals surface area (Å²) < 4.78 is 7.71. The first kappa shape index (κ1) is 20.5. The molecule has 2 rings (SSSR count). The second kappa shape index (κ2) is 11.0. The van der Waals surface area contributed by atoms with Crippen LogP contribution in [-0.4, -0.2) is 21.3 Å². The fourth-order valence-electron chi connectivity index (χ4n) is 3.16. The molecule has 0 amide bonds. The van der Waals surface area contributed by atoms with Gasteiger partial charge in [0.1, 0.15) is 11.4 Å². The zero-order valence-corrected chi connectivity index (χ0v) is 16.4. The van der Waals surface area contributed by atoms with Crippen molar-refractivity contribution < 1.29 is 9.84 Å². The lowest BCUT2D eigenvalue weighted by atomic mass is 9.96. The van der Waals surface area contributed by atoms with Crippen LogP contribution in [0.25, 0.3) is 0 Å². The molecule has 0 aliphatic rings. The van der Waals surface area contributed by atoms with E-state index in [-0.39, 0.29) is 0 Å². The predicted molar refractivity (Wildman–Crippen MR) is 106 cm³/mol. The lowest BCUT2D eigenvalue weighted by molar-refractivity contribution is 0.0382. The Balaban J connectivity index is 1.66. The molecule has 0 saturated carbocycles.